The molecule has 0 radical (unpaired) electrons. The predicted molar refractivity (Wildman–Crippen MR) is 59.2 cm³/mol. The number of rotatable bonds is 4. The molecule has 15 heavy (non-hydrogen) atoms. The van der Waals surface area contributed by atoms with Crippen molar-refractivity contribution >= 4 is 0 Å². The lowest BCUT2D eigenvalue weighted by atomic mass is 9.70. The van der Waals surface area contributed by atoms with E-state index in [2.05, 4.69) is 12.2 Å². The van der Waals surface area contributed by atoms with Gasteiger partial charge in [0.1, 0.15) is 0 Å². The minimum atomic E-state index is -2.24. The Morgan fingerprint density at radius 1 is 1.40 bits per heavy atom. The third kappa shape index (κ3) is 2.68. The molecule has 0 spiro atoms. The minimum Gasteiger partial charge on any atom is -0.306 e. The van der Waals surface area contributed by atoms with E-state index in [1.807, 2.05) is 13.8 Å². The summed E-state index contributed by atoms with van der Waals surface area (Å²) in [5.41, 5.74) is -0.914. The average molecular weight is 219 g/mol. The van der Waals surface area contributed by atoms with Crippen LogP contribution >= 0.6 is 0 Å². The Kier molecular flexibility index (Phi) is 4.50. The maximum absolute atomic E-state index is 13.2. The molecule has 0 aromatic rings. The second-order valence-corrected chi connectivity index (χ2v) is 5.05. The first kappa shape index (κ1) is 12.9. The molecule has 1 N–H and O–H groups in total. The quantitative estimate of drug-likeness (QED) is 0.763. The van der Waals surface area contributed by atoms with Crippen molar-refractivity contribution in [1.82, 2.24) is 5.32 Å². The highest BCUT2D eigenvalue weighted by Crippen LogP contribution is 2.40. The van der Waals surface area contributed by atoms with Crippen molar-refractivity contribution in [3.63, 3.8) is 0 Å². The summed E-state index contributed by atoms with van der Waals surface area (Å²) >= 11 is 0. The van der Waals surface area contributed by atoms with Crippen molar-refractivity contribution in [2.24, 2.45) is 11.8 Å². The number of alkyl halides is 2. The fraction of sp³-hybridized carbons (Fsp3) is 1.00. The number of nitrogens with one attached hydrogen (secondary N) is 1. The number of halogens is 2. The first-order valence-electron chi connectivity index (χ1n) is 6.06. The predicted octanol–water partition coefficient (Wildman–Crippen LogP) is 3.45. The lowest BCUT2D eigenvalue weighted by Crippen LogP contribution is -2.58. The summed E-state index contributed by atoms with van der Waals surface area (Å²) in [5, 5.41) is 3.10. The normalized spacial score (nSPS) is 37.2. The smallest absolute Gasteiger partial charge is 0.256 e. The van der Waals surface area contributed by atoms with Gasteiger partial charge in [-0.15, -0.1) is 0 Å². The zero-order valence-corrected chi connectivity index (χ0v) is 10.0. The molecule has 3 unspecified atom stereocenters. The van der Waals surface area contributed by atoms with Gasteiger partial charge < -0.3 is 5.32 Å². The molecule has 0 heterocycles. The van der Waals surface area contributed by atoms with E-state index < -0.39 is 12.0 Å². The topological polar surface area (TPSA) is 12.0 Å². The van der Waals surface area contributed by atoms with Crippen LogP contribution in [0.1, 0.15) is 46.5 Å². The maximum Gasteiger partial charge on any atom is 0.256 e. The van der Waals surface area contributed by atoms with E-state index in [4.69, 9.17) is 0 Å². The van der Waals surface area contributed by atoms with Crippen LogP contribution in [-0.4, -0.2) is 18.5 Å². The summed E-state index contributed by atoms with van der Waals surface area (Å²) < 4.78 is 26.4. The maximum atomic E-state index is 13.2. The van der Waals surface area contributed by atoms with Crippen LogP contribution in [0.5, 0.6) is 0 Å². The molecule has 1 nitrogen and oxygen atoms in total. The van der Waals surface area contributed by atoms with Crippen LogP contribution < -0.4 is 5.32 Å². The fourth-order valence-corrected chi connectivity index (χ4v) is 2.69. The Balaban J connectivity index is 2.71. The van der Waals surface area contributed by atoms with E-state index in [9.17, 15) is 8.78 Å². The summed E-state index contributed by atoms with van der Waals surface area (Å²) in [4.78, 5) is 0. The average Bonchev–Trinajstić information content (AvgIpc) is 2.16. The van der Waals surface area contributed by atoms with Crippen molar-refractivity contribution in [1.29, 1.82) is 0 Å². The SMILES string of the molecule is CCCNC1(C(F)F)CCC(C)CC1C. The van der Waals surface area contributed by atoms with Gasteiger partial charge >= 0.3 is 0 Å². The van der Waals surface area contributed by atoms with E-state index in [0.717, 1.165) is 19.3 Å². The van der Waals surface area contributed by atoms with Crippen molar-refractivity contribution in [2.75, 3.05) is 6.54 Å². The Hall–Kier alpha value is -0.180. The molecular weight excluding hydrogens is 196 g/mol. The van der Waals surface area contributed by atoms with Gasteiger partial charge in [0.05, 0.1) is 5.54 Å². The summed E-state index contributed by atoms with van der Waals surface area (Å²) in [6, 6.07) is 0. The number of hydrogen-bond donors (Lipinski definition) is 1. The van der Waals surface area contributed by atoms with Gasteiger partial charge in [0.25, 0.3) is 6.43 Å². The molecule has 1 aliphatic rings. The molecule has 3 heteroatoms. The standard InChI is InChI=1S/C12H23F2N/c1-4-7-15-12(11(13)14)6-5-9(2)8-10(12)3/h9-11,15H,4-8H2,1-3H3. The van der Waals surface area contributed by atoms with Crippen LogP contribution in [0, 0.1) is 11.8 Å². The molecule has 0 saturated heterocycles. The Labute approximate surface area is 91.6 Å². The van der Waals surface area contributed by atoms with Gasteiger partial charge in [-0.1, -0.05) is 20.8 Å². The highest BCUT2D eigenvalue weighted by Gasteiger charge is 2.46. The summed E-state index contributed by atoms with van der Waals surface area (Å²) in [6.45, 7) is 6.83. The van der Waals surface area contributed by atoms with Crippen LogP contribution in [0.25, 0.3) is 0 Å². The van der Waals surface area contributed by atoms with Gasteiger partial charge in [-0.2, -0.15) is 0 Å². The molecule has 1 rings (SSSR count). The lowest BCUT2D eigenvalue weighted by Gasteiger charge is -2.45. The molecule has 0 aromatic carbocycles. The largest absolute Gasteiger partial charge is 0.306 e. The number of hydrogen-bond acceptors (Lipinski definition) is 1. The van der Waals surface area contributed by atoms with Crippen LogP contribution in [-0.2, 0) is 0 Å². The molecular formula is C12H23F2N. The fourth-order valence-electron chi connectivity index (χ4n) is 2.69. The summed E-state index contributed by atoms with van der Waals surface area (Å²) in [7, 11) is 0. The third-order valence-corrected chi connectivity index (χ3v) is 3.78. The first-order valence-corrected chi connectivity index (χ1v) is 6.06. The minimum absolute atomic E-state index is 0.0767. The highest BCUT2D eigenvalue weighted by molar-refractivity contribution is 4.98. The van der Waals surface area contributed by atoms with Gasteiger partial charge in [0, 0.05) is 0 Å². The third-order valence-electron chi connectivity index (χ3n) is 3.78. The van der Waals surface area contributed by atoms with Gasteiger partial charge in [-0.3, -0.25) is 0 Å². The van der Waals surface area contributed by atoms with Crippen molar-refractivity contribution in [3.8, 4) is 0 Å². The molecule has 1 saturated carbocycles. The van der Waals surface area contributed by atoms with Crippen LogP contribution in [0.3, 0.4) is 0 Å². The summed E-state index contributed by atoms with van der Waals surface area (Å²) in [6.07, 6.45) is 1.13. The zero-order chi connectivity index (χ0) is 11.5. The van der Waals surface area contributed by atoms with E-state index in [0.29, 0.717) is 18.9 Å². The Morgan fingerprint density at radius 3 is 2.53 bits per heavy atom. The second kappa shape index (κ2) is 5.24. The lowest BCUT2D eigenvalue weighted by molar-refractivity contribution is -0.0333. The van der Waals surface area contributed by atoms with E-state index in [1.165, 1.54) is 0 Å². The second-order valence-electron chi connectivity index (χ2n) is 5.05. The zero-order valence-electron chi connectivity index (χ0n) is 10.0. The Morgan fingerprint density at radius 2 is 2.07 bits per heavy atom. The van der Waals surface area contributed by atoms with Crippen LogP contribution in [0.4, 0.5) is 8.78 Å². The van der Waals surface area contributed by atoms with Gasteiger partial charge in [0.2, 0.25) is 0 Å². The van der Waals surface area contributed by atoms with Crippen molar-refractivity contribution in [3.05, 3.63) is 0 Å². The monoisotopic (exact) mass is 219 g/mol. The van der Waals surface area contributed by atoms with Crippen LogP contribution in [0.2, 0.25) is 0 Å². The van der Waals surface area contributed by atoms with E-state index >= 15 is 0 Å². The summed E-state index contributed by atoms with van der Waals surface area (Å²) in [5.74, 6) is 0.670. The Bertz CT molecular complexity index is 192. The van der Waals surface area contributed by atoms with E-state index in [-0.39, 0.29) is 5.92 Å². The van der Waals surface area contributed by atoms with Crippen LogP contribution in [0.15, 0.2) is 0 Å². The van der Waals surface area contributed by atoms with Crippen molar-refractivity contribution < 1.29 is 8.78 Å². The van der Waals surface area contributed by atoms with Gasteiger partial charge in [-0.25, -0.2) is 8.78 Å². The molecule has 90 valence electrons. The first-order chi connectivity index (χ1) is 7.03. The van der Waals surface area contributed by atoms with E-state index in [1.54, 1.807) is 0 Å². The molecule has 0 bridgehead atoms. The molecule has 1 fully saturated rings. The molecule has 0 amide bonds. The molecule has 3 atom stereocenters. The van der Waals surface area contributed by atoms with Crippen molar-refractivity contribution in [2.45, 2.75) is 58.4 Å². The molecule has 1 aliphatic carbocycles. The molecule has 0 aliphatic heterocycles. The molecule has 0 aromatic heterocycles. The van der Waals surface area contributed by atoms with Gasteiger partial charge in [0.15, 0.2) is 0 Å². The van der Waals surface area contributed by atoms with Gasteiger partial charge in [-0.05, 0) is 44.1 Å². The highest BCUT2D eigenvalue weighted by atomic mass is 19.3.